The molecule has 0 spiro atoms. The number of nitrogen functional groups attached to an aromatic ring is 2. The van der Waals surface area contributed by atoms with Crippen LogP contribution in [0.2, 0.25) is 0 Å². The van der Waals surface area contributed by atoms with Gasteiger partial charge in [-0.25, -0.2) is 43.4 Å². The molecule has 2 aliphatic rings. The van der Waals surface area contributed by atoms with Crippen molar-refractivity contribution in [2.45, 2.75) is 49.5 Å². The van der Waals surface area contributed by atoms with Crippen LogP contribution < -0.4 is 11.5 Å². The molecule has 18 nitrogen and oxygen atoms in total. The number of hydrogen-bond donors (Lipinski definition) is 5. The van der Waals surface area contributed by atoms with E-state index in [1.165, 1.54) is 29.9 Å². The predicted molar refractivity (Wildman–Crippen MR) is 161 cm³/mol. The van der Waals surface area contributed by atoms with Crippen molar-refractivity contribution >= 4 is 74.3 Å². The van der Waals surface area contributed by atoms with Crippen molar-refractivity contribution in [3.8, 4) is 0 Å². The first-order valence-electron chi connectivity index (χ1n) is 13.3. The number of aliphatic hydroxyl groups excluding tert-OH is 1. The number of alkyl halides is 1. The minimum Gasteiger partial charge on any atom is -0.386 e. The third-order valence-corrected chi connectivity index (χ3v) is 9.61. The maximum atomic E-state index is 15.7. The van der Waals surface area contributed by atoms with E-state index in [1.807, 2.05) is 0 Å². The van der Waals surface area contributed by atoms with Gasteiger partial charge >= 0.3 is 15.5 Å². The molecule has 0 bridgehead atoms. The normalized spacial score (nSPS) is 30.0. The zero-order valence-corrected chi connectivity index (χ0v) is 26.5. The number of nitrogens with two attached hydrogens (primary N) is 2. The molecule has 6 heterocycles. The van der Waals surface area contributed by atoms with Crippen LogP contribution >= 0.6 is 40.4 Å². The number of aliphatic hydroxyl groups is 1. The number of halogens is 1. The monoisotopic (exact) mass is 704 g/mol. The van der Waals surface area contributed by atoms with Crippen LogP contribution in [0.15, 0.2) is 25.3 Å². The number of aromatic nitrogens is 8. The Kier molecular flexibility index (Phi) is 9.54. The standard InChI is InChI=1S/C22H27FN10O8P2S2/c23-12-9(1-2-44)21(32-7-30-13-17(24)26-5-28-19(13)32)39-10(12)4-38-43(36,45)41-16-11(3-37-42-35)40-22(15(16)34)33-8-31-14-18(25)27-6-29-20(14)33/h5-12,15-16,21-22,34,44H,1-4H2,(H,36,45)(H2,24,26,28)(H2,25,27,29)/t9-,10-,11-,12+,15-,16-,21-,22-,43-/m1/s1. The Balaban J connectivity index is 1.17. The summed E-state index contributed by atoms with van der Waals surface area (Å²) in [5.74, 6) is -0.0694. The van der Waals surface area contributed by atoms with Gasteiger partial charge < -0.3 is 26.0 Å². The maximum Gasteiger partial charge on any atom is 0.386 e. The van der Waals surface area contributed by atoms with E-state index >= 15 is 4.39 Å². The van der Waals surface area contributed by atoms with Gasteiger partial charge in [0, 0.05) is 5.92 Å². The average Bonchev–Trinajstić information content (AvgIpc) is 3.77. The Labute approximate surface area is 265 Å². The molecule has 2 fully saturated rings. The number of thiol groups is 2. The van der Waals surface area contributed by atoms with Gasteiger partial charge in [-0.1, -0.05) is 12.2 Å². The lowest BCUT2D eigenvalue weighted by atomic mass is 9.98. The molecule has 4 aromatic heterocycles. The summed E-state index contributed by atoms with van der Waals surface area (Å²) in [6.07, 6.45) is -3.20. The third kappa shape index (κ3) is 6.26. The second-order valence-electron chi connectivity index (χ2n) is 10.1. The molecule has 0 radical (unpaired) electrons. The summed E-state index contributed by atoms with van der Waals surface area (Å²) < 4.78 is 71.1. The van der Waals surface area contributed by atoms with Crippen LogP contribution in [0.3, 0.4) is 0 Å². The second kappa shape index (κ2) is 13.3. The summed E-state index contributed by atoms with van der Waals surface area (Å²) in [5, 5.41) is 11.2. The van der Waals surface area contributed by atoms with Crippen LogP contribution in [-0.4, -0.2) is 93.7 Å². The number of imidazole rings is 2. The van der Waals surface area contributed by atoms with E-state index in [4.69, 9.17) is 34.5 Å². The van der Waals surface area contributed by atoms with Crippen LogP contribution in [0.5, 0.6) is 0 Å². The highest BCUT2D eigenvalue weighted by atomic mass is 32.7. The number of anilines is 2. The molecular weight excluding hydrogens is 677 g/mol. The molecule has 0 saturated carbocycles. The van der Waals surface area contributed by atoms with E-state index < -0.39 is 71.1 Å². The van der Waals surface area contributed by atoms with Gasteiger partial charge in [0.1, 0.15) is 60.5 Å². The fraction of sp³-hybridized carbons (Fsp3) is 0.545. The first-order valence-corrected chi connectivity index (χ1v) is 17.4. The molecule has 0 aliphatic carbocycles. The van der Waals surface area contributed by atoms with E-state index in [1.54, 1.807) is 4.57 Å². The molecular formula is C22H27FN10O8P2S2. The lowest BCUT2D eigenvalue weighted by molar-refractivity contribution is -0.0465. The number of fused-ring (bicyclic) bond motifs is 2. The summed E-state index contributed by atoms with van der Waals surface area (Å²) >= 11 is 8.33. The fourth-order valence-corrected chi connectivity index (χ4v) is 7.42. The van der Waals surface area contributed by atoms with Crippen LogP contribution in [0.4, 0.5) is 16.0 Å². The van der Waals surface area contributed by atoms with Gasteiger partial charge in [-0.2, -0.15) is 12.6 Å². The summed E-state index contributed by atoms with van der Waals surface area (Å²) in [6, 6.07) is 0. The van der Waals surface area contributed by atoms with Gasteiger partial charge in [-0.05, 0) is 12.2 Å². The van der Waals surface area contributed by atoms with E-state index in [9.17, 15) is 14.2 Å². The highest BCUT2D eigenvalue weighted by Gasteiger charge is 2.50. The molecule has 9 atom stereocenters. The van der Waals surface area contributed by atoms with Crippen molar-refractivity contribution in [3.05, 3.63) is 25.3 Å². The van der Waals surface area contributed by atoms with Crippen LogP contribution in [-0.2, 0) is 32.2 Å². The average molecular weight is 705 g/mol. The Morgan fingerprint density at radius 2 is 1.58 bits per heavy atom. The van der Waals surface area contributed by atoms with Gasteiger partial charge in [0.2, 0.25) is 0 Å². The highest BCUT2D eigenvalue weighted by molar-refractivity contribution is 8.44. The Morgan fingerprint density at radius 1 is 0.978 bits per heavy atom. The Hall–Kier alpha value is -2.58. The molecule has 0 aromatic carbocycles. The first-order chi connectivity index (χ1) is 21.6. The van der Waals surface area contributed by atoms with E-state index in [-0.39, 0.29) is 29.4 Å². The molecule has 45 heavy (non-hydrogen) atoms. The molecule has 4 aromatic rings. The fourth-order valence-electron chi connectivity index (χ4n) is 5.42. The lowest BCUT2D eigenvalue weighted by Gasteiger charge is -2.24. The number of nitrogens with zero attached hydrogens (tertiary/aromatic N) is 8. The first kappa shape index (κ1) is 32.4. The largest absolute Gasteiger partial charge is 0.386 e. The van der Waals surface area contributed by atoms with Gasteiger partial charge in [0.25, 0.3) is 0 Å². The highest BCUT2D eigenvalue weighted by Crippen LogP contribution is 2.57. The van der Waals surface area contributed by atoms with Crippen molar-refractivity contribution < 1.29 is 41.7 Å². The quantitative estimate of drug-likeness (QED) is 0.105. The second-order valence-corrected chi connectivity index (χ2v) is 13.8. The maximum absolute atomic E-state index is 15.7. The lowest BCUT2D eigenvalue weighted by Crippen LogP contribution is -2.35. The smallest absolute Gasteiger partial charge is 0.386 e. The van der Waals surface area contributed by atoms with Crippen molar-refractivity contribution in [1.29, 1.82) is 0 Å². The topological polar surface area (TPSA) is 240 Å². The van der Waals surface area contributed by atoms with Gasteiger partial charge in [0.15, 0.2) is 29.2 Å². The van der Waals surface area contributed by atoms with Gasteiger partial charge in [0.05, 0.1) is 25.9 Å². The summed E-state index contributed by atoms with van der Waals surface area (Å²) in [5.41, 5.74) is 13.0. The SMILES string of the molecule is Nc1ncnc2c1ncn2[C@@H]1O[C@H](COP=O)[C@@H](O[P@](=O)(S)OC[C@H]2O[C@@H](n3cnc4c(N)ncnc43)[C@H](CCS)[C@@H]2F)[C@H]1O. The van der Waals surface area contributed by atoms with Crippen molar-refractivity contribution in [2.75, 3.05) is 30.4 Å². The number of hydrogen-bond acceptors (Lipinski definition) is 17. The molecule has 2 aliphatic heterocycles. The third-order valence-electron chi connectivity index (χ3n) is 7.49. The van der Waals surface area contributed by atoms with E-state index in [0.717, 1.165) is 0 Å². The number of ether oxygens (including phenoxy) is 2. The number of rotatable bonds is 12. The Bertz CT molecular complexity index is 1740. The van der Waals surface area contributed by atoms with Gasteiger partial charge in [-0.15, -0.1) is 0 Å². The molecule has 5 N–H and O–H groups in total. The molecule has 6 rings (SSSR count). The Morgan fingerprint density at radius 3 is 2.18 bits per heavy atom. The van der Waals surface area contributed by atoms with Crippen molar-refractivity contribution in [3.63, 3.8) is 0 Å². The summed E-state index contributed by atoms with van der Waals surface area (Å²) in [7, 11) is -0.665. The van der Waals surface area contributed by atoms with Gasteiger partial charge in [-0.3, -0.25) is 22.7 Å². The van der Waals surface area contributed by atoms with E-state index in [2.05, 4.69) is 54.8 Å². The zero-order valence-electron chi connectivity index (χ0n) is 23.0. The molecule has 2 saturated heterocycles. The molecule has 0 unspecified atom stereocenters. The minimum absolute atomic E-state index is 0.107. The van der Waals surface area contributed by atoms with Crippen LogP contribution in [0.1, 0.15) is 18.9 Å². The minimum atomic E-state index is -4.32. The molecule has 242 valence electrons. The summed E-state index contributed by atoms with van der Waals surface area (Å²) in [4.78, 5) is 24.5. The van der Waals surface area contributed by atoms with Crippen molar-refractivity contribution in [1.82, 2.24) is 39.0 Å². The van der Waals surface area contributed by atoms with E-state index in [0.29, 0.717) is 23.3 Å². The molecule has 0 amide bonds. The van der Waals surface area contributed by atoms with Crippen LogP contribution in [0.25, 0.3) is 22.3 Å². The zero-order chi connectivity index (χ0) is 31.9. The summed E-state index contributed by atoms with van der Waals surface area (Å²) in [6.45, 7) is -5.18. The predicted octanol–water partition coefficient (Wildman–Crippen LogP) is 1.92. The van der Waals surface area contributed by atoms with Crippen molar-refractivity contribution in [2.24, 2.45) is 5.92 Å². The van der Waals surface area contributed by atoms with Crippen LogP contribution in [0, 0.1) is 5.92 Å². The molecule has 23 heteroatoms.